The summed E-state index contributed by atoms with van der Waals surface area (Å²) in [6.45, 7) is 4.39. The molecule has 1 atom stereocenters. The van der Waals surface area contributed by atoms with Gasteiger partial charge < -0.3 is 9.47 Å². The van der Waals surface area contributed by atoms with Crippen molar-refractivity contribution >= 4 is 23.0 Å². The van der Waals surface area contributed by atoms with Crippen LogP contribution >= 0.6 is 11.3 Å². The number of likely N-dealkylation sites (N-methyl/N-ethyl adjacent to an activating group) is 1. The Morgan fingerprint density at radius 2 is 2.03 bits per heavy atom. The summed E-state index contributed by atoms with van der Waals surface area (Å²) in [7, 11) is 3.25. The molecule has 1 aromatic heterocycles. The maximum atomic E-state index is 13.3. The highest BCUT2D eigenvalue weighted by Gasteiger charge is 2.35. The molecule has 1 unspecified atom stereocenters. The molecule has 4 rings (SSSR count). The molecular formula is C23H29N3O3S. The van der Waals surface area contributed by atoms with Gasteiger partial charge in [-0.2, -0.15) is 5.10 Å². The highest BCUT2D eigenvalue weighted by atomic mass is 32.1. The summed E-state index contributed by atoms with van der Waals surface area (Å²) < 4.78 is 10.9. The first-order chi connectivity index (χ1) is 14.6. The Kier molecular flexibility index (Phi) is 6.39. The molecular weight excluding hydrogens is 398 g/mol. The van der Waals surface area contributed by atoms with Crippen molar-refractivity contribution in [3.8, 4) is 11.5 Å². The van der Waals surface area contributed by atoms with Gasteiger partial charge >= 0.3 is 0 Å². The standard InChI is InChI=1S/C23H29N3O3S/c1-4-25(14-16-7-8-16)15-23(27)26-19(13-18(24-26)22-6-5-11-30-22)17-9-10-20(28-2)21(12-17)29-3/h5-6,9-12,16,19H,4,7-8,13-15H2,1-3H3. The Balaban J connectivity index is 1.60. The molecule has 6 nitrogen and oxygen atoms in total. The molecule has 0 N–H and O–H groups in total. The fourth-order valence-corrected chi connectivity index (χ4v) is 4.61. The average molecular weight is 428 g/mol. The Hall–Kier alpha value is -2.38. The van der Waals surface area contributed by atoms with Crippen LogP contribution in [-0.2, 0) is 4.79 Å². The van der Waals surface area contributed by atoms with Crippen molar-refractivity contribution in [2.75, 3.05) is 33.9 Å². The minimum Gasteiger partial charge on any atom is -0.493 e. The van der Waals surface area contributed by atoms with E-state index in [1.54, 1.807) is 30.6 Å². The van der Waals surface area contributed by atoms with Crippen molar-refractivity contribution in [2.45, 2.75) is 32.2 Å². The van der Waals surface area contributed by atoms with Crippen molar-refractivity contribution in [1.82, 2.24) is 9.91 Å². The number of carbonyl (C=O) groups excluding carboxylic acids is 1. The Bertz CT molecular complexity index is 908. The van der Waals surface area contributed by atoms with Crippen molar-refractivity contribution in [2.24, 2.45) is 11.0 Å². The number of rotatable bonds is 9. The van der Waals surface area contributed by atoms with Gasteiger partial charge in [0.05, 0.1) is 37.4 Å². The highest BCUT2D eigenvalue weighted by molar-refractivity contribution is 7.12. The third-order valence-electron chi connectivity index (χ3n) is 5.78. The van der Waals surface area contributed by atoms with E-state index in [9.17, 15) is 4.79 Å². The fraction of sp³-hybridized carbons (Fsp3) is 0.478. The van der Waals surface area contributed by atoms with Gasteiger partial charge in [-0.05, 0) is 54.4 Å². The van der Waals surface area contributed by atoms with Gasteiger partial charge in [-0.15, -0.1) is 11.3 Å². The van der Waals surface area contributed by atoms with Crippen LogP contribution in [0, 0.1) is 5.92 Å². The molecule has 30 heavy (non-hydrogen) atoms. The number of hydrazone groups is 1. The molecule has 7 heteroatoms. The maximum Gasteiger partial charge on any atom is 0.257 e. The molecule has 2 aromatic rings. The fourth-order valence-electron chi connectivity index (χ4n) is 3.89. The van der Waals surface area contributed by atoms with Gasteiger partial charge in [0, 0.05) is 13.0 Å². The van der Waals surface area contributed by atoms with Gasteiger partial charge in [0.1, 0.15) is 0 Å². The van der Waals surface area contributed by atoms with E-state index in [0.717, 1.165) is 35.2 Å². The number of carbonyl (C=O) groups is 1. The summed E-state index contributed by atoms with van der Waals surface area (Å²) in [4.78, 5) is 16.7. The summed E-state index contributed by atoms with van der Waals surface area (Å²) in [5.74, 6) is 2.14. The van der Waals surface area contributed by atoms with Crippen LogP contribution in [0.2, 0.25) is 0 Å². The normalized spacial score (nSPS) is 18.6. The van der Waals surface area contributed by atoms with E-state index in [1.165, 1.54) is 12.8 Å². The SMILES string of the molecule is CCN(CC(=O)N1N=C(c2cccs2)CC1c1ccc(OC)c(OC)c1)CC1CC1. The average Bonchev–Trinajstić information content (AvgIpc) is 3.23. The zero-order valence-corrected chi connectivity index (χ0v) is 18.7. The van der Waals surface area contributed by atoms with E-state index < -0.39 is 0 Å². The first-order valence-corrected chi connectivity index (χ1v) is 11.4. The predicted octanol–water partition coefficient (Wildman–Crippen LogP) is 4.17. The first-order valence-electron chi connectivity index (χ1n) is 10.5. The quantitative estimate of drug-likeness (QED) is 0.603. The summed E-state index contributed by atoms with van der Waals surface area (Å²) in [5, 5.41) is 8.51. The lowest BCUT2D eigenvalue weighted by atomic mass is 10.0. The highest BCUT2D eigenvalue weighted by Crippen LogP contribution is 2.38. The monoisotopic (exact) mass is 427 g/mol. The Morgan fingerprint density at radius 1 is 1.23 bits per heavy atom. The molecule has 160 valence electrons. The van der Waals surface area contributed by atoms with Crippen LogP contribution in [0.25, 0.3) is 0 Å². The van der Waals surface area contributed by atoms with Gasteiger partial charge in [0.2, 0.25) is 0 Å². The lowest BCUT2D eigenvalue weighted by Gasteiger charge is -2.26. The third kappa shape index (κ3) is 4.52. The Labute approximate surface area is 182 Å². The number of amides is 1. The third-order valence-corrected chi connectivity index (χ3v) is 6.70. The maximum absolute atomic E-state index is 13.3. The van der Waals surface area contributed by atoms with E-state index in [4.69, 9.17) is 14.6 Å². The Morgan fingerprint density at radius 3 is 2.67 bits per heavy atom. The topological polar surface area (TPSA) is 54.4 Å². The molecule has 1 aliphatic carbocycles. The molecule has 1 saturated carbocycles. The second-order valence-electron chi connectivity index (χ2n) is 7.87. The molecule has 0 bridgehead atoms. The molecule has 0 saturated heterocycles. The minimum absolute atomic E-state index is 0.0452. The van der Waals surface area contributed by atoms with Crippen LogP contribution < -0.4 is 9.47 Å². The second kappa shape index (κ2) is 9.18. The van der Waals surface area contributed by atoms with Crippen molar-refractivity contribution in [3.05, 3.63) is 46.2 Å². The number of benzene rings is 1. The summed E-state index contributed by atoms with van der Waals surface area (Å²) in [6, 6.07) is 9.79. The van der Waals surface area contributed by atoms with E-state index in [2.05, 4.69) is 17.9 Å². The lowest BCUT2D eigenvalue weighted by Crippen LogP contribution is -2.39. The van der Waals surface area contributed by atoms with E-state index >= 15 is 0 Å². The number of thiophene rings is 1. The summed E-state index contributed by atoms with van der Waals surface area (Å²) >= 11 is 1.66. The smallest absolute Gasteiger partial charge is 0.257 e. The van der Waals surface area contributed by atoms with Crippen LogP contribution in [0.1, 0.15) is 42.7 Å². The molecule has 0 radical (unpaired) electrons. The molecule has 1 amide bonds. The van der Waals surface area contributed by atoms with E-state index in [-0.39, 0.29) is 11.9 Å². The number of hydrogen-bond donors (Lipinski definition) is 0. The van der Waals surface area contributed by atoms with Gasteiger partial charge in [-0.3, -0.25) is 9.69 Å². The van der Waals surface area contributed by atoms with Gasteiger partial charge in [0.25, 0.3) is 5.91 Å². The molecule has 2 heterocycles. The van der Waals surface area contributed by atoms with E-state index in [0.29, 0.717) is 24.5 Å². The van der Waals surface area contributed by atoms with Crippen molar-refractivity contribution < 1.29 is 14.3 Å². The van der Waals surface area contributed by atoms with Gasteiger partial charge in [-0.25, -0.2) is 5.01 Å². The van der Waals surface area contributed by atoms with Crippen molar-refractivity contribution in [1.29, 1.82) is 0 Å². The second-order valence-corrected chi connectivity index (χ2v) is 8.82. The summed E-state index contributed by atoms with van der Waals surface area (Å²) in [6.07, 6.45) is 3.25. The van der Waals surface area contributed by atoms with Crippen LogP contribution in [-0.4, -0.2) is 55.4 Å². The van der Waals surface area contributed by atoms with Gasteiger partial charge in [0.15, 0.2) is 11.5 Å². The van der Waals surface area contributed by atoms with Crippen molar-refractivity contribution in [3.63, 3.8) is 0 Å². The van der Waals surface area contributed by atoms with Gasteiger partial charge in [-0.1, -0.05) is 19.1 Å². The molecule has 0 spiro atoms. The zero-order chi connectivity index (χ0) is 21.1. The minimum atomic E-state index is -0.144. The van der Waals surface area contributed by atoms with Crippen LogP contribution in [0.3, 0.4) is 0 Å². The largest absolute Gasteiger partial charge is 0.493 e. The van der Waals surface area contributed by atoms with Crippen LogP contribution in [0.4, 0.5) is 0 Å². The van der Waals surface area contributed by atoms with Crippen LogP contribution in [0.15, 0.2) is 40.8 Å². The zero-order valence-electron chi connectivity index (χ0n) is 17.8. The molecule has 1 aromatic carbocycles. The first kappa shape index (κ1) is 20.9. The number of nitrogens with zero attached hydrogens (tertiary/aromatic N) is 3. The molecule has 2 aliphatic rings. The predicted molar refractivity (Wildman–Crippen MR) is 119 cm³/mol. The van der Waals surface area contributed by atoms with E-state index in [1.807, 2.05) is 29.6 Å². The number of hydrogen-bond acceptors (Lipinski definition) is 6. The lowest BCUT2D eigenvalue weighted by molar-refractivity contribution is -0.134. The molecule has 1 fully saturated rings. The number of ether oxygens (including phenoxy) is 2. The molecule has 1 aliphatic heterocycles. The summed E-state index contributed by atoms with van der Waals surface area (Å²) in [5.41, 5.74) is 1.96. The number of methoxy groups -OCH3 is 2. The van der Waals surface area contributed by atoms with Crippen LogP contribution in [0.5, 0.6) is 11.5 Å².